The fourth-order valence-corrected chi connectivity index (χ4v) is 3.71. The summed E-state index contributed by atoms with van der Waals surface area (Å²) >= 11 is 0. The molecule has 0 aromatic carbocycles. The lowest BCUT2D eigenvalue weighted by atomic mass is 10.2. The number of amides is 1. The van der Waals surface area contributed by atoms with Gasteiger partial charge in [-0.3, -0.25) is 14.4 Å². The van der Waals surface area contributed by atoms with Crippen LogP contribution in [0.5, 0.6) is 0 Å². The highest BCUT2D eigenvalue weighted by atomic mass is 32.2. The molecule has 0 heterocycles. The monoisotopic (exact) mass is 220 g/mol. The smallest absolute Gasteiger partial charge is 0.250 e. The minimum atomic E-state index is -2.45. The third-order valence-electron chi connectivity index (χ3n) is 3.17. The Morgan fingerprint density at radius 2 is 2.07 bits per heavy atom. The lowest BCUT2D eigenvalue weighted by Gasteiger charge is -2.34. The molecule has 0 spiro atoms. The van der Waals surface area contributed by atoms with Crippen molar-refractivity contribution in [2.75, 3.05) is 12.0 Å². The van der Waals surface area contributed by atoms with Crippen LogP contribution in [0.1, 0.15) is 26.7 Å². The SMILES string of the molecule is CC(C)(C(=O)NN)[SH](C)(=O)CC1CC1. The lowest BCUT2D eigenvalue weighted by molar-refractivity contribution is -0.122. The van der Waals surface area contributed by atoms with Crippen LogP contribution >= 0.6 is 0 Å². The van der Waals surface area contributed by atoms with Gasteiger partial charge in [0.1, 0.15) is 0 Å². The zero-order valence-corrected chi connectivity index (χ0v) is 9.93. The lowest BCUT2D eigenvalue weighted by Crippen LogP contribution is -2.54. The molecule has 0 unspecified atom stereocenters. The Morgan fingerprint density at radius 3 is 2.43 bits per heavy atom. The van der Waals surface area contributed by atoms with Crippen LogP contribution in [0.2, 0.25) is 0 Å². The molecule has 0 radical (unpaired) electrons. The van der Waals surface area contributed by atoms with Crippen molar-refractivity contribution in [2.45, 2.75) is 31.4 Å². The Bertz CT molecular complexity index is 285. The van der Waals surface area contributed by atoms with E-state index in [4.69, 9.17) is 5.84 Å². The molecule has 14 heavy (non-hydrogen) atoms. The van der Waals surface area contributed by atoms with Crippen molar-refractivity contribution in [1.29, 1.82) is 0 Å². The second kappa shape index (κ2) is 3.62. The first-order chi connectivity index (χ1) is 6.31. The predicted octanol–water partition coefficient (Wildman–Crippen LogP) is -0.189. The fourth-order valence-electron chi connectivity index (χ4n) is 1.41. The summed E-state index contributed by atoms with van der Waals surface area (Å²) in [7, 11) is -2.45. The molecule has 1 fully saturated rings. The predicted molar refractivity (Wildman–Crippen MR) is 59.5 cm³/mol. The van der Waals surface area contributed by atoms with Crippen molar-refractivity contribution in [2.24, 2.45) is 11.8 Å². The first kappa shape index (κ1) is 11.7. The molecule has 5 heteroatoms. The Balaban J connectivity index is 2.76. The van der Waals surface area contributed by atoms with Crippen molar-refractivity contribution >= 4 is 15.8 Å². The summed E-state index contributed by atoms with van der Waals surface area (Å²) in [6.45, 7) is 3.41. The van der Waals surface area contributed by atoms with Gasteiger partial charge in [-0.1, -0.05) is 9.93 Å². The number of hydrazine groups is 1. The highest BCUT2D eigenvalue weighted by Crippen LogP contribution is 2.35. The van der Waals surface area contributed by atoms with Gasteiger partial charge in [0.05, 0.1) is 4.75 Å². The van der Waals surface area contributed by atoms with Crippen LogP contribution in [0.15, 0.2) is 0 Å². The highest BCUT2D eigenvalue weighted by Gasteiger charge is 2.41. The van der Waals surface area contributed by atoms with Gasteiger partial charge in [-0.05, 0) is 38.9 Å². The third kappa shape index (κ3) is 2.15. The summed E-state index contributed by atoms with van der Waals surface area (Å²) in [4.78, 5) is 11.5. The molecule has 3 N–H and O–H groups in total. The molecule has 0 aromatic heterocycles. The van der Waals surface area contributed by atoms with Crippen molar-refractivity contribution in [3.05, 3.63) is 0 Å². The molecule has 0 atom stereocenters. The maximum absolute atomic E-state index is 12.4. The molecular weight excluding hydrogens is 200 g/mol. The summed E-state index contributed by atoms with van der Waals surface area (Å²) in [6.07, 6.45) is 4.01. The molecule has 84 valence electrons. The van der Waals surface area contributed by atoms with E-state index in [1.165, 1.54) is 0 Å². The minimum absolute atomic E-state index is 0.330. The van der Waals surface area contributed by atoms with Crippen LogP contribution in [0.3, 0.4) is 0 Å². The van der Waals surface area contributed by atoms with Crippen molar-refractivity contribution < 1.29 is 9.00 Å². The molecule has 0 saturated heterocycles. The van der Waals surface area contributed by atoms with E-state index < -0.39 is 14.7 Å². The minimum Gasteiger partial charge on any atom is -0.293 e. The molecule has 0 aliphatic heterocycles. The first-order valence-corrected chi connectivity index (χ1v) is 7.23. The quantitative estimate of drug-likeness (QED) is 0.266. The number of nitrogens with two attached hydrogens (primary N) is 1. The van der Waals surface area contributed by atoms with E-state index in [0.717, 1.165) is 12.8 Å². The second-order valence-electron chi connectivity index (χ2n) is 4.76. The molecule has 1 aliphatic rings. The number of hydrogen-bond acceptors (Lipinski definition) is 3. The van der Waals surface area contributed by atoms with Gasteiger partial charge in [0.15, 0.2) is 0 Å². The second-order valence-corrected chi connectivity index (χ2v) is 8.44. The Morgan fingerprint density at radius 1 is 1.57 bits per heavy atom. The molecule has 4 nitrogen and oxygen atoms in total. The molecule has 1 rings (SSSR count). The molecule has 1 saturated carbocycles. The van der Waals surface area contributed by atoms with Crippen LogP contribution in [-0.2, 0) is 14.7 Å². The number of rotatable bonds is 4. The highest BCUT2D eigenvalue weighted by molar-refractivity contribution is 8.04. The van der Waals surface area contributed by atoms with Crippen LogP contribution in [0.25, 0.3) is 0 Å². The standard InChI is InChI=1S/C9H20N2O2S/c1-9(2,8(12)11-10)14(3,13)6-7-4-5-7/h7,14H,4-6,10H2,1-3H3,(H,11,12). The van der Waals surface area contributed by atoms with Gasteiger partial charge in [-0.15, -0.1) is 0 Å². The van der Waals surface area contributed by atoms with E-state index in [1.54, 1.807) is 20.1 Å². The summed E-state index contributed by atoms with van der Waals surface area (Å²) in [5.74, 6) is 5.99. The van der Waals surface area contributed by atoms with Crippen LogP contribution in [-0.4, -0.2) is 26.9 Å². The van der Waals surface area contributed by atoms with Gasteiger partial charge in [-0.25, -0.2) is 5.84 Å². The van der Waals surface area contributed by atoms with E-state index in [2.05, 4.69) is 5.43 Å². The maximum Gasteiger partial charge on any atom is 0.250 e. The average molecular weight is 220 g/mol. The van der Waals surface area contributed by atoms with E-state index in [1.807, 2.05) is 0 Å². The summed E-state index contributed by atoms with van der Waals surface area (Å²) < 4.78 is 11.5. The van der Waals surface area contributed by atoms with Crippen LogP contribution in [0.4, 0.5) is 0 Å². The number of thiol groups is 1. The van der Waals surface area contributed by atoms with Gasteiger partial charge in [0.2, 0.25) is 5.91 Å². The largest absolute Gasteiger partial charge is 0.293 e. The van der Waals surface area contributed by atoms with Crippen molar-refractivity contribution in [1.82, 2.24) is 5.43 Å². The van der Waals surface area contributed by atoms with Gasteiger partial charge < -0.3 is 0 Å². The number of carbonyl (C=O) groups is 1. The third-order valence-corrected chi connectivity index (χ3v) is 6.95. The first-order valence-electron chi connectivity index (χ1n) is 4.89. The van der Waals surface area contributed by atoms with Gasteiger partial charge in [0.25, 0.3) is 0 Å². The van der Waals surface area contributed by atoms with Crippen molar-refractivity contribution in [3.63, 3.8) is 0 Å². The molecule has 0 aromatic rings. The number of hydrogen-bond donors (Lipinski definition) is 3. The van der Waals surface area contributed by atoms with E-state index in [0.29, 0.717) is 11.7 Å². The van der Waals surface area contributed by atoms with Gasteiger partial charge >= 0.3 is 0 Å². The fraction of sp³-hybridized carbons (Fsp3) is 0.889. The maximum atomic E-state index is 12.4. The topological polar surface area (TPSA) is 72.2 Å². The Kier molecular flexibility index (Phi) is 3.02. The van der Waals surface area contributed by atoms with E-state index in [9.17, 15) is 9.00 Å². The van der Waals surface area contributed by atoms with E-state index in [-0.39, 0.29) is 5.91 Å². The zero-order chi connectivity index (χ0) is 11.0. The van der Waals surface area contributed by atoms with Gasteiger partial charge in [0, 0.05) is 5.75 Å². The summed E-state index contributed by atoms with van der Waals surface area (Å²) in [5.41, 5.74) is 2.09. The van der Waals surface area contributed by atoms with Crippen LogP contribution < -0.4 is 11.3 Å². The average Bonchev–Trinajstić information content (AvgIpc) is 2.85. The molecular formula is C9H20N2O2S. The van der Waals surface area contributed by atoms with Gasteiger partial charge in [-0.2, -0.15) is 0 Å². The Labute approximate surface area is 86.0 Å². The molecule has 1 amide bonds. The molecule has 0 bridgehead atoms. The van der Waals surface area contributed by atoms with Crippen LogP contribution in [0, 0.1) is 5.92 Å². The zero-order valence-electron chi connectivity index (χ0n) is 9.04. The Hall–Kier alpha value is -0.420. The summed E-state index contributed by atoms with van der Waals surface area (Å²) in [6, 6.07) is 0. The summed E-state index contributed by atoms with van der Waals surface area (Å²) in [5, 5.41) is 0. The van der Waals surface area contributed by atoms with E-state index >= 15 is 0 Å². The van der Waals surface area contributed by atoms with Crippen molar-refractivity contribution in [3.8, 4) is 0 Å². The normalized spacial score (nSPS) is 19.1. The number of nitrogens with one attached hydrogen (secondary N) is 1. The molecule has 1 aliphatic carbocycles. The number of carbonyl (C=O) groups excluding carboxylic acids is 1.